The van der Waals surface area contributed by atoms with Gasteiger partial charge in [-0.1, -0.05) is 41.9 Å². The molecule has 0 amide bonds. The highest BCUT2D eigenvalue weighted by atomic mass is 35.5. The Bertz CT molecular complexity index is 451. The first-order valence-corrected chi connectivity index (χ1v) is 5.78. The Balaban J connectivity index is 0.000000492. The van der Waals surface area contributed by atoms with Crippen molar-refractivity contribution in [3.8, 4) is 5.75 Å². The number of para-hydroxylation sites is 1. The van der Waals surface area contributed by atoms with Crippen LogP contribution >= 0.6 is 11.6 Å². The van der Waals surface area contributed by atoms with E-state index in [-0.39, 0.29) is 0 Å². The van der Waals surface area contributed by atoms with Gasteiger partial charge in [0.15, 0.2) is 0 Å². The third kappa shape index (κ3) is 5.73. The van der Waals surface area contributed by atoms with Crippen LogP contribution in [0.25, 0.3) is 0 Å². The topological polar surface area (TPSA) is 49.7 Å². The predicted octanol–water partition coefficient (Wildman–Crippen LogP) is 2.16. The van der Waals surface area contributed by atoms with Crippen molar-refractivity contribution in [1.82, 2.24) is 0 Å². The van der Waals surface area contributed by atoms with Gasteiger partial charge in [-0.05, 0) is 29.8 Å². The molecule has 0 atom stereocenters. The smallest absolute Gasteiger partial charge is 0.432 e. The van der Waals surface area contributed by atoms with Crippen molar-refractivity contribution in [2.24, 2.45) is 0 Å². The molecule has 5 heteroatoms. The van der Waals surface area contributed by atoms with E-state index in [0.717, 1.165) is 16.3 Å². The van der Waals surface area contributed by atoms with Gasteiger partial charge in [0, 0.05) is 5.02 Å². The summed E-state index contributed by atoms with van der Waals surface area (Å²) in [6.07, 6.45) is 0. The van der Waals surface area contributed by atoms with Gasteiger partial charge in [0.25, 0.3) is 0 Å². The van der Waals surface area contributed by atoms with Crippen LogP contribution in [0.4, 0.5) is 0 Å². The monoisotopic (exact) mass is 264 g/mol. The maximum absolute atomic E-state index is 7.12. The molecule has 0 saturated heterocycles. The summed E-state index contributed by atoms with van der Waals surface area (Å²) in [7, 11) is -0.750. The molecule has 0 aliphatic carbocycles. The number of ether oxygens (including phenoxy) is 1. The zero-order chi connectivity index (χ0) is 13.2. The van der Waals surface area contributed by atoms with Crippen LogP contribution in [0.5, 0.6) is 5.75 Å². The zero-order valence-corrected chi connectivity index (χ0v) is 10.5. The second kappa shape index (κ2) is 8.58. The van der Waals surface area contributed by atoms with Gasteiger partial charge in [-0.25, -0.2) is 0 Å². The molecule has 0 unspecified atom stereocenters. The minimum Gasteiger partial charge on any atom is -0.489 e. The van der Waals surface area contributed by atoms with Crippen molar-refractivity contribution in [3.63, 3.8) is 0 Å². The first-order valence-electron chi connectivity index (χ1n) is 5.40. The van der Waals surface area contributed by atoms with Gasteiger partial charge in [-0.3, -0.25) is 0 Å². The lowest BCUT2D eigenvalue weighted by Crippen LogP contribution is -1.94. The summed E-state index contributed by atoms with van der Waals surface area (Å²) in [5, 5.41) is 15.0. The molecule has 0 bridgehead atoms. The van der Waals surface area contributed by atoms with Crippen LogP contribution in [0.2, 0.25) is 5.02 Å². The van der Waals surface area contributed by atoms with Gasteiger partial charge in [0.2, 0.25) is 0 Å². The Morgan fingerprint density at radius 3 is 2.28 bits per heavy atom. The summed E-state index contributed by atoms with van der Waals surface area (Å²) in [5.74, 6) is 0.873. The van der Waals surface area contributed by atoms with Gasteiger partial charge < -0.3 is 14.8 Å². The molecule has 0 radical (unpaired) electrons. The molecular weight excluding hydrogens is 250 g/mol. The van der Waals surface area contributed by atoms with E-state index in [1.807, 2.05) is 54.6 Å². The van der Waals surface area contributed by atoms with Gasteiger partial charge in [-0.15, -0.1) is 0 Å². The van der Waals surface area contributed by atoms with Gasteiger partial charge in [-0.2, -0.15) is 0 Å². The maximum atomic E-state index is 7.12. The molecule has 0 heterocycles. The van der Waals surface area contributed by atoms with Crippen LogP contribution in [0.1, 0.15) is 5.56 Å². The van der Waals surface area contributed by atoms with Crippen molar-refractivity contribution >= 4 is 19.3 Å². The van der Waals surface area contributed by atoms with Crippen LogP contribution in [-0.4, -0.2) is 17.7 Å². The Morgan fingerprint density at radius 1 is 1.00 bits per heavy atom. The summed E-state index contributed by atoms with van der Waals surface area (Å²) in [6, 6.07) is 17.4. The quantitative estimate of drug-likeness (QED) is 0.835. The molecule has 2 aromatic rings. The summed E-state index contributed by atoms with van der Waals surface area (Å²) in [5.41, 5.74) is 1.08. The van der Waals surface area contributed by atoms with E-state index in [2.05, 4.69) is 0 Å². The molecular formula is C13H14BClO3. The third-order valence-electron chi connectivity index (χ3n) is 2.04. The standard InChI is InChI=1S/C13H11ClO.BH3O2/c14-12-6-4-5-11(9-12)10-15-13-7-2-1-3-8-13;2-1-3/h1-9H,10H2;1-3H. The average Bonchev–Trinajstić information content (AvgIpc) is 2.39. The third-order valence-corrected chi connectivity index (χ3v) is 2.27. The van der Waals surface area contributed by atoms with E-state index in [4.69, 9.17) is 26.4 Å². The van der Waals surface area contributed by atoms with Crippen molar-refractivity contribution in [2.75, 3.05) is 0 Å². The minimum absolute atomic E-state index is 0.546. The molecule has 0 aliphatic rings. The average molecular weight is 265 g/mol. The van der Waals surface area contributed by atoms with Crippen LogP contribution < -0.4 is 4.74 Å². The first-order chi connectivity index (χ1) is 8.76. The fourth-order valence-electron chi connectivity index (χ4n) is 1.31. The fraction of sp³-hybridized carbons (Fsp3) is 0.0769. The van der Waals surface area contributed by atoms with Crippen molar-refractivity contribution in [1.29, 1.82) is 0 Å². The van der Waals surface area contributed by atoms with Crippen LogP contribution in [-0.2, 0) is 6.61 Å². The SMILES string of the molecule is Clc1cccc(COc2ccccc2)c1.OBO. The second-order valence-corrected chi connectivity index (χ2v) is 3.81. The number of halogens is 1. The molecule has 18 heavy (non-hydrogen) atoms. The summed E-state index contributed by atoms with van der Waals surface area (Å²) in [4.78, 5) is 0. The van der Waals surface area contributed by atoms with Crippen molar-refractivity contribution in [3.05, 3.63) is 65.2 Å². The van der Waals surface area contributed by atoms with E-state index in [1.54, 1.807) is 0 Å². The summed E-state index contributed by atoms with van der Waals surface area (Å²) >= 11 is 5.87. The van der Waals surface area contributed by atoms with E-state index in [9.17, 15) is 0 Å². The highest BCUT2D eigenvalue weighted by molar-refractivity contribution is 6.30. The maximum Gasteiger partial charge on any atom is 0.432 e. The second-order valence-electron chi connectivity index (χ2n) is 3.37. The van der Waals surface area contributed by atoms with Crippen LogP contribution in [0.3, 0.4) is 0 Å². The number of hydrogen-bond donors (Lipinski definition) is 2. The molecule has 2 N–H and O–H groups in total. The van der Waals surface area contributed by atoms with E-state index < -0.39 is 7.69 Å². The normalized spacial score (nSPS) is 9.06. The number of rotatable bonds is 3. The van der Waals surface area contributed by atoms with Crippen molar-refractivity contribution in [2.45, 2.75) is 6.61 Å². The number of hydrogen-bond acceptors (Lipinski definition) is 3. The van der Waals surface area contributed by atoms with Gasteiger partial charge in [0.1, 0.15) is 12.4 Å². The minimum atomic E-state index is -0.750. The van der Waals surface area contributed by atoms with E-state index in [1.165, 1.54) is 0 Å². The van der Waals surface area contributed by atoms with E-state index >= 15 is 0 Å². The molecule has 0 fully saturated rings. The lowest BCUT2D eigenvalue weighted by molar-refractivity contribution is 0.306. The van der Waals surface area contributed by atoms with Crippen LogP contribution in [0, 0.1) is 0 Å². The number of benzene rings is 2. The molecule has 0 aromatic heterocycles. The molecule has 2 aromatic carbocycles. The zero-order valence-electron chi connectivity index (χ0n) is 9.79. The summed E-state index contributed by atoms with van der Waals surface area (Å²) in [6.45, 7) is 0.546. The summed E-state index contributed by atoms with van der Waals surface area (Å²) < 4.78 is 5.59. The van der Waals surface area contributed by atoms with Crippen molar-refractivity contribution < 1.29 is 14.8 Å². The Hall–Kier alpha value is -1.49. The molecule has 94 valence electrons. The molecule has 0 saturated carbocycles. The van der Waals surface area contributed by atoms with Crippen LogP contribution in [0.15, 0.2) is 54.6 Å². The molecule has 0 spiro atoms. The Morgan fingerprint density at radius 2 is 1.67 bits per heavy atom. The highest BCUT2D eigenvalue weighted by Crippen LogP contribution is 2.14. The van der Waals surface area contributed by atoms with Gasteiger partial charge >= 0.3 is 7.69 Å². The fourth-order valence-corrected chi connectivity index (χ4v) is 1.52. The Kier molecular flexibility index (Phi) is 6.95. The first kappa shape index (κ1) is 14.6. The predicted molar refractivity (Wildman–Crippen MR) is 73.8 cm³/mol. The lowest BCUT2D eigenvalue weighted by atomic mass is 10.2. The highest BCUT2D eigenvalue weighted by Gasteiger charge is 1.95. The molecule has 3 nitrogen and oxygen atoms in total. The van der Waals surface area contributed by atoms with Gasteiger partial charge in [0.05, 0.1) is 0 Å². The Labute approximate surface area is 112 Å². The van der Waals surface area contributed by atoms with E-state index in [0.29, 0.717) is 6.61 Å². The molecule has 0 aliphatic heterocycles. The lowest BCUT2D eigenvalue weighted by Gasteiger charge is -2.05. The largest absolute Gasteiger partial charge is 0.489 e. The molecule has 2 rings (SSSR count).